The lowest BCUT2D eigenvalue weighted by Gasteiger charge is -2.17. The predicted octanol–water partition coefficient (Wildman–Crippen LogP) is 1.92. The number of nitrogens with one attached hydrogen (secondary N) is 1. The van der Waals surface area contributed by atoms with Crippen molar-refractivity contribution in [3.63, 3.8) is 0 Å². The molecule has 1 N–H and O–H groups in total. The average molecular weight is 329 g/mol. The fraction of sp³-hybridized carbons (Fsp3) is 0.308. The highest BCUT2D eigenvalue weighted by molar-refractivity contribution is 6.55. The van der Waals surface area contributed by atoms with E-state index in [1.165, 1.54) is 11.9 Å². The fourth-order valence-electron chi connectivity index (χ4n) is 1.86. The molecule has 1 heterocycles. The molecule has 6 nitrogen and oxygen atoms in total. The van der Waals surface area contributed by atoms with E-state index in [1.54, 1.807) is 31.3 Å². The van der Waals surface area contributed by atoms with Crippen LogP contribution in [0.5, 0.6) is 0 Å². The molecule has 1 aromatic rings. The molecule has 1 aliphatic heterocycles. The van der Waals surface area contributed by atoms with E-state index < -0.39 is 18.1 Å². The van der Waals surface area contributed by atoms with Crippen molar-refractivity contribution < 1.29 is 9.59 Å². The van der Waals surface area contributed by atoms with Crippen LogP contribution >= 0.6 is 23.2 Å². The number of carbonyl (C=O) groups excluding carboxylic acids is 2. The van der Waals surface area contributed by atoms with E-state index in [2.05, 4.69) is 10.3 Å². The number of hydrogen-bond donors (Lipinski definition) is 1. The molecule has 0 aromatic heterocycles. The molecule has 1 saturated heterocycles. The highest BCUT2D eigenvalue weighted by Crippen LogP contribution is 2.29. The molecule has 2 rings (SSSR count). The second-order valence-electron chi connectivity index (χ2n) is 4.35. The number of urea groups is 1. The molecule has 0 aliphatic carbocycles. The van der Waals surface area contributed by atoms with E-state index in [4.69, 9.17) is 23.2 Å². The third-order valence-electron chi connectivity index (χ3n) is 3.04. The van der Waals surface area contributed by atoms with Crippen molar-refractivity contribution in [2.75, 3.05) is 24.9 Å². The van der Waals surface area contributed by atoms with E-state index in [-0.39, 0.29) is 11.7 Å². The predicted molar refractivity (Wildman–Crippen MR) is 83.1 cm³/mol. The van der Waals surface area contributed by atoms with Gasteiger partial charge in [-0.3, -0.25) is 15.0 Å². The molecular weight excluding hydrogens is 315 g/mol. The van der Waals surface area contributed by atoms with Gasteiger partial charge in [0.1, 0.15) is 6.17 Å². The number of aliphatic imine (C=N–C) groups is 1. The Morgan fingerprint density at radius 1 is 1.33 bits per heavy atom. The normalized spacial score (nSPS) is 18.8. The number of amidine groups is 1. The maximum Gasteiger partial charge on any atom is 0.337 e. The minimum Gasteiger partial charge on any atom is -0.298 e. The number of rotatable bonds is 4. The molecule has 1 atom stereocenters. The van der Waals surface area contributed by atoms with Crippen molar-refractivity contribution >= 4 is 46.7 Å². The molecule has 1 aromatic carbocycles. The van der Waals surface area contributed by atoms with Crippen LogP contribution in [0.4, 0.5) is 10.5 Å². The van der Waals surface area contributed by atoms with Crippen molar-refractivity contribution in [3.8, 4) is 0 Å². The molecule has 0 radical (unpaired) electrons. The minimum atomic E-state index is -0.503. The minimum absolute atomic E-state index is 0.00407. The van der Waals surface area contributed by atoms with Crippen LogP contribution < -0.4 is 10.2 Å². The van der Waals surface area contributed by atoms with Crippen LogP contribution in [-0.2, 0) is 4.79 Å². The Balaban J connectivity index is 2.52. The summed E-state index contributed by atoms with van der Waals surface area (Å²) in [4.78, 5) is 30.9. The Kier molecular flexibility index (Phi) is 4.82. The zero-order valence-electron chi connectivity index (χ0n) is 11.5. The summed E-state index contributed by atoms with van der Waals surface area (Å²) in [6, 6.07) is 6.26. The summed E-state index contributed by atoms with van der Waals surface area (Å²) in [5.41, 5.74) is 0.407. The van der Waals surface area contributed by atoms with E-state index >= 15 is 0 Å². The molecule has 1 unspecified atom stereocenters. The second kappa shape index (κ2) is 6.43. The highest BCUT2D eigenvalue weighted by atomic mass is 35.5. The smallest absolute Gasteiger partial charge is 0.298 e. The quantitative estimate of drug-likeness (QED) is 0.678. The topological polar surface area (TPSA) is 65.0 Å². The third-order valence-corrected chi connectivity index (χ3v) is 3.65. The van der Waals surface area contributed by atoms with E-state index in [0.29, 0.717) is 10.7 Å². The van der Waals surface area contributed by atoms with Gasteiger partial charge in [0.05, 0.1) is 16.6 Å². The van der Waals surface area contributed by atoms with E-state index in [1.807, 2.05) is 0 Å². The molecule has 0 saturated carbocycles. The summed E-state index contributed by atoms with van der Waals surface area (Å²) in [7, 11) is 3.06. The Bertz CT molecular complexity index is 602. The van der Waals surface area contributed by atoms with Gasteiger partial charge in [0.25, 0.3) is 5.91 Å². The molecule has 0 bridgehead atoms. The number of imide groups is 1. The van der Waals surface area contributed by atoms with Crippen LogP contribution in [0.25, 0.3) is 0 Å². The zero-order valence-corrected chi connectivity index (χ0v) is 13.0. The van der Waals surface area contributed by atoms with Gasteiger partial charge in [-0.1, -0.05) is 23.7 Å². The number of alkyl halides is 1. The molecule has 21 heavy (non-hydrogen) atoms. The van der Waals surface area contributed by atoms with Gasteiger partial charge in [0.15, 0.2) is 0 Å². The first-order valence-electron chi connectivity index (χ1n) is 6.19. The number of halogens is 2. The van der Waals surface area contributed by atoms with Gasteiger partial charge in [-0.05, 0) is 19.2 Å². The second-order valence-corrected chi connectivity index (χ2v) is 5.06. The van der Waals surface area contributed by atoms with Gasteiger partial charge in [-0.2, -0.15) is 0 Å². The largest absolute Gasteiger partial charge is 0.337 e. The van der Waals surface area contributed by atoms with Crippen molar-refractivity contribution in [1.29, 1.82) is 0 Å². The van der Waals surface area contributed by atoms with Crippen molar-refractivity contribution in [3.05, 3.63) is 29.3 Å². The monoisotopic (exact) mass is 328 g/mol. The van der Waals surface area contributed by atoms with E-state index in [9.17, 15) is 9.59 Å². The maximum atomic E-state index is 12.3. The summed E-state index contributed by atoms with van der Waals surface area (Å²) in [6.07, 6.45) is -0.477. The Labute approximate surface area is 132 Å². The highest BCUT2D eigenvalue weighted by Gasteiger charge is 2.42. The molecule has 112 valence electrons. The average Bonchev–Trinajstić information content (AvgIpc) is 2.70. The molecular formula is C13H14Cl2N4O2. The van der Waals surface area contributed by atoms with Crippen LogP contribution in [0.15, 0.2) is 29.3 Å². The van der Waals surface area contributed by atoms with Gasteiger partial charge in [-0.15, -0.1) is 11.6 Å². The van der Waals surface area contributed by atoms with Crippen LogP contribution in [0.2, 0.25) is 5.02 Å². The molecule has 8 heteroatoms. The number of para-hydroxylation sites is 1. The number of likely N-dealkylation sites (N-methyl/N-ethyl adjacent to an activating group) is 1. The summed E-state index contributed by atoms with van der Waals surface area (Å²) < 4.78 is 0. The van der Waals surface area contributed by atoms with Crippen molar-refractivity contribution in [1.82, 2.24) is 10.2 Å². The first-order chi connectivity index (χ1) is 10.0. The number of benzene rings is 1. The molecule has 1 fully saturated rings. The molecule has 3 amide bonds. The van der Waals surface area contributed by atoms with Crippen molar-refractivity contribution in [2.45, 2.75) is 6.17 Å². The van der Waals surface area contributed by atoms with Crippen LogP contribution in [-0.4, -0.2) is 48.8 Å². The lowest BCUT2D eigenvalue weighted by molar-refractivity contribution is -0.119. The van der Waals surface area contributed by atoms with Gasteiger partial charge < -0.3 is 0 Å². The van der Waals surface area contributed by atoms with Gasteiger partial charge >= 0.3 is 6.03 Å². The third kappa shape index (κ3) is 2.88. The number of anilines is 1. The standard InChI is InChI=1S/C13H14Cl2N4O2/c1-16-10(7-14)17-11-12(20)18(2)13(21)19(11)9-6-4-3-5-8(9)15/h3-6,10,16H,7H2,1-2H3. The van der Waals surface area contributed by atoms with Gasteiger partial charge in [0, 0.05) is 7.05 Å². The first-order valence-corrected chi connectivity index (χ1v) is 7.10. The zero-order chi connectivity index (χ0) is 15.6. The van der Waals surface area contributed by atoms with Gasteiger partial charge in [0.2, 0.25) is 5.84 Å². The Morgan fingerprint density at radius 2 is 2.00 bits per heavy atom. The number of carbonyl (C=O) groups is 2. The summed E-state index contributed by atoms with van der Waals surface area (Å²) in [5, 5.41) is 3.21. The Hall–Kier alpha value is -1.63. The van der Waals surface area contributed by atoms with Crippen LogP contribution in [0, 0.1) is 0 Å². The lowest BCUT2D eigenvalue weighted by Crippen LogP contribution is -2.35. The summed E-state index contributed by atoms with van der Waals surface area (Å²) >= 11 is 11.9. The lowest BCUT2D eigenvalue weighted by atomic mass is 10.3. The Morgan fingerprint density at radius 3 is 2.57 bits per heavy atom. The number of hydrogen-bond acceptors (Lipinski definition) is 4. The fourth-order valence-corrected chi connectivity index (χ4v) is 2.30. The van der Waals surface area contributed by atoms with Gasteiger partial charge in [-0.25, -0.2) is 14.7 Å². The maximum absolute atomic E-state index is 12.3. The first kappa shape index (κ1) is 15.8. The van der Waals surface area contributed by atoms with Crippen LogP contribution in [0.3, 0.4) is 0 Å². The number of amides is 3. The summed E-state index contributed by atoms with van der Waals surface area (Å²) in [6.45, 7) is 0. The SMILES string of the molecule is CNC(CCl)N=C1C(=O)N(C)C(=O)N1c1ccccc1Cl. The number of nitrogens with zero attached hydrogens (tertiary/aromatic N) is 3. The summed E-state index contributed by atoms with van der Waals surface area (Å²) in [5.74, 6) is -0.331. The van der Waals surface area contributed by atoms with E-state index in [0.717, 1.165) is 4.90 Å². The van der Waals surface area contributed by atoms with Crippen molar-refractivity contribution in [2.24, 2.45) is 4.99 Å². The molecule has 1 aliphatic rings. The molecule has 0 spiro atoms. The van der Waals surface area contributed by atoms with Crippen LogP contribution in [0.1, 0.15) is 0 Å².